The molecule has 306 valence electrons. The van der Waals surface area contributed by atoms with E-state index in [1.54, 1.807) is 0 Å². The SMILES string of the molecule is CC(C)(C)c1cc(Oc2[c-]c3c(cc2)c2c(c4ccccc4n2-c2ccccc2)n3-c2cc(-c3ccccc3)ccn2)[c-]c(N2C=CN(c3ccccc3C(C)(C)C)[CH-]2)c1.[Pd]. The van der Waals surface area contributed by atoms with Gasteiger partial charge in [-0.3, -0.25) is 0 Å². The van der Waals surface area contributed by atoms with Crippen LogP contribution in [0, 0.1) is 18.8 Å². The van der Waals surface area contributed by atoms with Gasteiger partial charge in [0.05, 0.1) is 11.0 Å². The van der Waals surface area contributed by atoms with Gasteiger partial charge in [0.1, 0.15) is 5.82 Å². The number of aromatic nitrogens is 3. The molecule has 0 unspecified atom stereocenters. The Morgan fingerprint density at radius 3 is 2.03 bits per heavy atom. The second-order valence-electron chi connectivity index (χ2n) is 17.5. The number of benzene rings is 6. The molecule has 0 fully saturated rings. The summed E-state index contributed by atoms with van der Waals surface area (Å²) in [5, 5.41) is 2.17. The Hall–Kier alpha value is -6.39. The van der Waals surface area contributed by atoms with Crippen LogP contribution in [0.5, 0.6) is 11.5 Å². The van der Waals surface area contributed by atoms with Crippen LogP contribution in [0.3, 0.4) is 0 Å². The van der Waals surface area contributed by atoms with Crippen LogP contribution in [0.4, 0.5) is 11.4 Å². The molecule has 10 rings (SSSR count). The molecule has 1 aliphatic rings. The van der Waals surface area contributed by atoms with Gasteiger partial charge in [0, 0.05) is 60.4 Å². The first-order valence-corrected chi connectivity index (χ1v) is 20.5. The van der Waals surface area contributed by atoms with Crippen LogP contribution in [-0.2, 0) is 31.3 Å². The standard InChI is InChI=1S/C54H46N5O.Pd/c1-53(2,3)39-32-41(56-29-30-57(36-56)48-24-16-14-22-46(48)54(4,5)6)34-43(33-39)60-42-25-26-45-49(35-42)59(50-31-38(27-28-55-50)37-17-9-7-10-18-37)52-44-21-13-15-23-47(44)58(51(45)52)40-19-11-8-12-20-40;/h7-33,36H,1-6H3;/q-3;. The van der Waals surface area contributed by atoms with Gasteiger partial charge in [0.15, 0.2) is 0 Å². The van der Waals surface area contributed by atoms with E-state index in [0.717, 1.165) is 72.4 Å². The predicted octanol–water partition coefficient (Wildman–Crippen LogP) is 13.7. The van der Waals surface area contributed by atoms with E-state index in [9.17, 15) is 0 Å². The Morgan fingerprint density at radius 2 is 1.26 bits per heavy atom. The van der Waals surface area contributed by atoms with Crippen LogP contribution < -0.4 is 14.5 Å². The van der Waals surface area contributed by atoms with Gasteiger partial charge >= 0.3 is 0 Å². The summed E-state index contributed by atoms with van der Waals surface area (Å²) < 4.78 is 11.4. The van der Waals surface area contributed by atoms with Crippen molar-refractivity contribution in [1.82, 2.24) is 14.1 Å². The maximum atomic E-state index is 6.83. The van der Waals surface area contributed by atoms with Crippen LogP contribution in [-0.4, -0.2) is 14.1 Å². The smallest absolute Gasteiger partial charge is 0.136 e. The van der Waals surface area contributed by atoms with Gasteiger partial charge in [-0.2, -0.15) is 6.07 Å². The average Bonchev–Trinajstić information content (AvgIpc) is 3.97. The van der Waals surface area contributed by atoms with Crippen molar-refractivity contribution in [3.8, 4) is 34.1 Å². The van der Waals surface area contributed by atoms with E-state index in [4.69, 9.17) is 9.72 Å². The minimum Gasteiger partial charge on any atom is -0.509 e. The molecule has 0 spiro atoms. The van der Waals surface area contributed by atoms with Gasteiger partial charge in [-0.15, -0.1) is 48.3 Å². The number of hydrogen-bond donors (Lipinski definition) is 0. The molecule has 6 nitrogen and oxygen atoms in total. The molecular formula is C54H46N5OPd-3. The second kappa shape index (κ2) is 15.6. The Labute approximate surface area is 372 Å². The average molecular weight is 887 g/mol. The van der Waals surface area contributed by atoms with Gasteiger partial charge in [0.25, 0.3) is 0 Å². The molecular weight excluding hydrogens is 841 g/mol. The summed E-state index contributed by atoms with van der Waals surface area (Å²) in [6.45, 7) is 15.6. The predicted molar refractivity (Wildman–Crippen MR) is 247 cm³/mol. The minimum atomic E-state index is -0.142. The first-order valence-electron chi connectivity index (χ1n) is 20.5. The van der Waals surface area contributed by atoms with E-state index in [-0.39, 0.29) is 31.3 Å². The van der Waals surface area contributed by atoms with Crippen molar-refractivity contribution >= 4 is 44.2 Å². The largest absolute Gasteiger partial charge is 0.509 e. The molecule has 61 heavy (non-hydrogen) atoms. The maximum absolute atomic E-state index is 6.83. The minimum absolute atomic E-state index is 0. The molecule has 0 aliphatic carbocycles. The molecule has 1 aliphatic heterocycles. The molecule has 0 bridgehead atoms. The molecule has 0 N–H and O–H groups in total. The normalized spacial score (nSPS) is 13.1. The summed E-state index contributed by atoms with van der Waals surface area (Å²) in [6, 6.07) is 58.3. The number of rotatable bonds is 7. The first-order chi connectivity index (χ1) is 29.0. The summed E-state index contributed by atoms with van der Waals surface area (Å²) in [4.78, 5) is 9.32. The Morgan fingerprint density at radius 1 is 0.574 bits per heavy atom. The van der Waals surface area contributed by atoms with Crippen LogP contribution in [0.2, 0.25) is 0 Å². The number of para-hydroxylation sites is 3. The van der Waals surface area contributed by atoms with E-state index in [1.165, 1.54) is 5.56 Å². The summed E-state index contributed by atoms with van der Waals surface area (Å²) in [6.07, 6.45) is 6.09. The molecule has 0 atom stereocenters. The summed E-state index contributed by atoms with van der Waals surface area (Å²) in [5.74, 6) is 2.02. The molecule has 4 heterocycles. The molecule has 0 radical (unpaired) electrons. The van der Waals surface area contributed by atoms with Crippen molar-refractivity contribution in [3.05, 3.63) is 194 Å². The molecule has 0 amide bonds. The molecule has 0 saturated heterocycles. The van der Waals surface area contributed by atoms with Crippen LogP contribution >= 0.6 is 0 Å². The zero-order chi connectivity index (χ0) is 41.2. The third-order valence-corrected chi connectivity index (χ3v) is 11.4. The third-order valence-electron chi connectivity index (χ3n) is 11.4. The first kappa shape index (κ1) is 40.0. The molecule has 7 heteroatoms. The van der Waals surface area contributed by atoms with Crippen molar-refractivity contribution in [2.75, 3.05) is 9.80 Å². The monoisotopic (exact) mass is 886 g/mol. The number of nitrogens with zero attached hydrogens (tertiary/aromatic N) is 5. The third kappa shape index (κ3) is 7.33. The van der Waals surface area contributed by atoms with Crippen molar-refractivity contribution in [1.29, 1.82) is 0 Å². The van der Waals surface area contributed by atoms with Gasteiger partial charge in [-0.25, -0.2) is 4.98 Å². The number of hydrogen-bond acceptors (Lipinski definition) is 4. The number of ether oxygens (including phenoxy) is 1. The fraction of sp³-hybridized carbons (Fsp3) is 0.148. The van der Waals surface area contributed by atoms with Crippen molar-refractivity contribution in [2.45, 2.75) is 52.4 Å². The molecule has 9 aromatic rings. The number of pyridine rings is 1. The Balaban J connectivity index is 0.00000476. The van der Waals surface area contributed by atoms with Crippen LogP contribution in [0.25, 0.3) is 55.5 Å². The molecule has 0 saturated carbocycles. The fourth-order valence-electron chi connectivity index (χ4n) is 8.37. The second-order valence-corrected chi connectivity index (χ2v) is 17.5. The van der Waals surface area contributed by atoms with E-state index in [0.29, 0.717) is 11.5 Å². The zero-order valence-corrected chi connectivity index (χ0v) is 36.7. The quantitative estimate of drug-likeness (QED) is 0.118. The van der Waals surface area contributed by atoms with Crippen LogP contribution in [0.15, 0.2) is 164 Å². The van der Waals surface area contributed by atoms with Gasteiger partial charge in [0.2, 0.25) is 0 Å². The molecule has 6 aromatic carbocycles. The number of anilines is 2. The topological polar surface area (TPSA) is 38.5 Å². The van der Waals surface area contributed by atoms with Crippen molar-refractivity contribution in [2.24, 2.45) is 0 Å². The summed E-state index contributed by atoms with van der Waals surface area (Å²) >= 11 is 0. The van der Waals surface area contributed by atoms with Crippen molar-refractivity contribution < 1.29 is 25.2 Å². The maximum Gasteiger partial charge on any atom is 0.136 e. The Kier molecular flexibility index (Phi) is 10.2. The Bertz CT molecular complexity index is 3080. The van der Waals surface area contributed by atoms with Crippen LogP contribution in [0.1, 0.15) is 52.7 Å². The van der Waals surface area contributed by atoms with Gasteiger partial charge in [-0.05, 0) is 76.3 Å². The van der Waals surface area contributed by atoms with E-state index in [1.807, 2.05) is 18.3 Å². The summed E-state index contributed by atoms with van der Waals surface area (Å²) in [7, 11) is 0. The van der Waals surface area contributed by atoms with Crippen molar-refractivity contribution in [3.63, 3.8) is 0 Å². The fourth-order valence-corrected chi connectivity index (χ4v) is 8.37. The number of fused-ring (bicyclic) bond motifs is 5. The molecule has 3 aromatic heterocycles. The van der Waals surface area contributed by atoms with Gasteiger partial charge < -0.3 is 23.7 Å². The zero-order valence-electron chi connectivity index (χ0n) is 35.1. The van der Waals surface area contributed by atoms with E-state index < -0.39 is 0 Å². The summed E-state index contributed by atoms with van der Waals surface area (Å²) in [5.41, 5.74) is 11.8. The van der Waals surface area contributed by atoms with Gasteiger partial charge in [-0.1, -0.05) is 137 Å². The van der Waals surface area contributed by atoms with E-state index >= 15 is 0 Å². The van der Waals surface area contributed by atoms with E-state index in [2.05, 4.69) is 225 Å².